The number of hydrogen-bond donors (Lipinski definition) is 1. The van der Waals surface area contributed by atoms with Crippen LogP contribution in [0.1, 0.15) is 32.4 Å². The van der Waals surface area contributed by atoms with Crippen molar-refractivity contribution < 1.29 is 18.7 Å². The van der Waals surface area contributed by atoms with Crippen LogP contribution in [-0.4, -0.2) is 30.6 Å². The average molecular weight is 355 g/mol. The summed E-state index contributed by atoms with van der Waals surface area (Å²) in [6, 6.07) is 2.76. The Morgan fingerprint density at radius 1 is 1.46 bits per heavy atom. The summed E-state index contributed by atoms with van der Waals surface area (Å²) in [5.41, 5.74) is 0.623. The fraction of sp³-hybridized carbons (Fsp3) is 0.412. The molecule has 0 saturated heterocycles. The van der Waals surface area contributed by atoms with Crippen molar-refractivity contribution in [2.24, 2.45) is 5.92 Å². The predicted octanol–water partition coefficient (Wildman–Crippen LogP) is 3.65. The Kier molecular flexibility index (Phi) is 5.49. The minimum atomic E-state index is -0.998. The van der Waals surface area contributed by atoms with E-state index < -0.39 is 23.9 Å². The topological polar surface area (TPSA) is 58.6 Å². The van der Waals surface area contributed by atoms with Gasteiger partial charge in [-0.15, -0.1) is 0 Å². The molecule has 1 heterocycles. The largest absolute Gasteiger partial charge is 0.462 e. The number of allylic oxidation sites excluding steroid dienone is 1. The molecule has 0 saturated carbocycles. The van der Waals surface area contributed by atoms with Crippen molar-refractivity contribution in [3.63, 3.8) is 0 Å². The van der Waals surface area contributed by atoms with Crippen molar-refractivity contribution in [3.05, 3.63) is 45.9 Å². The maximum Gasteiger partial charge on any atom is 0.338 e. The molecule has 0 spiro atoms. The molecule has 1 aliphatic heterocycles. The van der Waals surface area contributed by atoms with E-state index in [0.29, 0.717) is 5.70 Å². The van der Waals surface area contributed by atoms with Crippen LogP contribution < -0.4 is 5.32 Å². The van der Waals surface area contributed by atoms with Gasteiger partial charge in [0, 0.05) is 23.3 Å². The molecule has 1 aromatic rings. The van der Waals surface area contributed by atoms with E-state index >= 15 is 0 Å². The maximum absolute atomic E-state index is 14.3. The van der Waals surface area contributed by atoms with Crippen LogP contribution in [0.5, 0.6) is 0 Å². The lowest BCUT2D eigenvalue weighted by atomic mass is 9.94. The van der Waals surface area contributed by atoms with E-state index in [2.05, 4.69) is 5.32 Å². The SMILES string of the molecule is CC1=C(C(=O)OCC(C)C)C(c2c(F)cccc2Cl)NC(=O)N1C. The standard InChI is InChI=1S/C17H20ClFN2O3/c1-9(2)8-24-16(22)13-10(3)21(4)17(23)20-15(13)14-11(18)6-5-7-12(14)19/h5-7,9,15H,8H2,1-4H3,(H,20,23). The van der Waals surface area contributed by atoms with Gasteiger partial charge in [-0.05, 0) is 25.0 Å². The first-order valence-electron chi connectivity index (χ1n) is 7.60. The lowest BCUT2D eigenvalue weighted by Crippen LogP contribution is -2.46. The number of carbonyl (C=O) groups excluding carboxylic acids is 2. The molecule has 130 valence electrons. The van der Waals surface area contributed by atoms with Crippen molar-refractivity contribution in [1.29, 1.82) is 0 Å². The monoisotopic (exact) mass is 354 g/mol. The number of nitrogens with one attached hydrogen (secondary N) is 1. The van der Waals surface area contributed by atoms with E-state index in [-0.39, 0.29) is 28.7 Å². The number of hydrogen-bond acceptors (Lipinski definition) is 3. The molecule has 1 aromatic carbocycles. The van der Waals surface area contributed by atoms with E-state index in [9.17, 15) is 14.0 Å². The van der Waals surface area contributed by atoms with Gasteiger partial charge in [0.1, 0.15) is 5.82 Å². The normalized spacial score (nSPS) is 18.0. The molecule has 1 N–H and O–H groups in total. The Bertz CT molecular complexity index is 683. The van der Waals surface area contributed by atoms with Gasteiger partial charge >= 0.3 is 12.0 Å². The van der Waals surface area contributed by atoms with Crippen LogP contribution in [0.15, 0.2) is 29.5 Å². The van der Waals surface area contributed by atoms with E-state index in [1.54, 1.807) is 6.92 Å². The summed E-state index contributed by atoms with van der Waals surface area (Å²) in [5, 5.41) is 2.75. The van der Waals surface area contributed by atoms with Crippen LogP contribution in [0, 0.1) is 11.7 Å². The minimum absolute atomic E-state index is 0.0523. The molecule has 0 radical (unpaired) electrons. The fourth-order valence-electron chi connectivity index (χ4n) is 2.42. The summed E-state index contributed by atoms with van der Waals surface area (Å²) >= 11 is 6.11. The summed E-state index contributed by atoms with van der Waals surface area (Å²) < 4.78 is 19.6. The number of urea groups is 1. The lowest BCUT2D eigenvalue weighted by molar-refractivity contribution is -0.140. The second kappa shape index (κ2) is 7.21. The predicted molar refractivity (Wildman–Crippen MR) is 88.9 cm³/mol. The number of nitrogens with zero attached hydrogens (tertiary/aromatic N) is 1. The van der Waals surface area contributed by atoms with Crippen molar-refractivity contribution >= 4 is 23.6 Å². The Hall–Kier alpha value is -2.08. The zero-order valence-corrected chi connectivity index (χ0v) is 14.8. The highest BCUT2D eigenvalue weighted by atomic mass is 35.5. The molecule has 2 rings (SSSR count). The number of esters is 1. The second-order valence-electron chi connectivity index (χ2n) is 6.07. The van der Waals surface area contributed by atoms with Gasteiger partial charge in [0.15, 0.2) is 0 Å². The number of benzene rings is 1. The lowest BCUT2D eigenvalue weighted by Gasteiger charge is -2.33. The van der Waals surface area contributed by atoms with Gasteiger partial charge in [-0.25, -0.2) is 14.0 Å². The highest BCUT2D eigenvalue weighted by molar-refractivity contribution is 6.31. The van der Waals surface area contributed by atoms with Crippen LogP contribution >= 0.6 is 11.6 Å². The second-order valence-corrected chi connectivity index (χ2v) is 6.48. The molecule has 1 atom stereocenters. The number of amides is 2. The van der Waals surface area contributed by atoms with Crippen molar-refractivity contribution in [2.45, 2.75) is 26.8 Å². The molecule has 2 amide bonds. The average Bonchev–Trinajstić information content (AvgIpc) is 2.50. The number of rotatable bonds is 4. The van der Waals surface area contributed by atoms with Crippen molar-refractivity contribution in [2.75, 3.05) is 13.7 Å². The summed E-state index contributed by atoms with van der Waals surface area (Å²) in [6.07, 6.45) is 0. The molecule has 24 heavy (non-hydrogen) atoms. The Morgan fingerprint density at radius 2 is 2.12 bits per heavy atom. The van der Waals surface area contributed by atoms with Gasteiger partial charge in [-0.2, -0.15) is 0 Å². The Balaban J connectivity index is 2.51. The Morgan fingerprint density at radius 3 is 2.71 bits per heavy atom. The van der Waals surface area contributed by atoms with Gasteiger partial charge < -0.3 is 15.0 Å². The third-order valence-electron chi connectivity index (χ3n) is 3.81. The molecule has 5 nitrogen and oxygen atoms in total. The highest BCUT2D eigenvalue weighted by Crippen LogP contribution is 2.35. The van der Waals surface area contributed by atoms with E-state index in [1.165, 1.54) is 30.1 Å². The molecular weight excluding hydrogens is 335 g/mol. The summed E-state index contributed by atoms with van der Waals surface area (Å²) in [5.74, 6) is -1.04. The first kappa shape index (κ1) is 18.3. The van der Waals surface area contributed by atoms with Crippen LogP contribution in [0.4, 0.5) is 9.18 Å². The van der Waals surface area contributed by atoms with Crippen LogP contribution in [0.3, 0.4) is 0 Å². The molecule has 0 aliphatic carbocycles. The van der Waals surface area contributed by atoms with E-state index in [4.69, 9.17) is 16.3 Å². The molecule has 7 heteroatoms. The number of carbonyl (C=O) groups is 2. The summed E-state index contributed by atoms with van der Waals surface area (Å²) in [6.45, 7) is 5.67. The molecule has 1 aliphatic rings. The van der Waals surface area contributed by atoms with Gasteiger partial charge in [0.2, 0.25) is 0 Å². The fourth-order valence-corrected chi connectivity index (χ4v) is 2.70. The van der Waals surface area contributed by atoms with E-state index in [0.717, 1.165) is 0 Å². The zero-order chi connectivity index (χ0) is 18.0. The van der Waals surface area contributed by atoms with E-state index in [1.807, 2.05) is 13.8 Å². The quantitative estimate of drug-likeness (QED) is 0.840. The van der Waals surface area contributed by atoms with Gasteiger partial charge in [0.25, 0.3) is 0 Å². The maximum atomic E-state index is 14.3. The van der Waals surface area contributed by atoms with Crippen molar-refractivity contribution in [3.8, 4) is 0 Å². The molecule has 1 unspecified atom stereocenters. The Labute approximate surface area is 145 Å². The van der Waals surface area contributed by atoms with Crippen LogP contribution in [0.2, 0.25) is 5.02 Å². The van der Waals surface area contributed by atoms with Crippen LogP contribution in [0.25, 0.3) is 0 Å². The molecule has 0 bridgehead atoms. The van der Waals surface area contributed by atoms with Gasteiger partial charge in [0.05, 0.1) is 18.2 Å². The number of halogens is 2. The minimum Gasteiger partial charge on any atom is -0.462 e. The van der Waals surface area contributed by atoms with Crippen molar-refractivity contribution in [1.82, 2.24) is 10.2 Å². The number of ether oxygens (including phenoxy) is 1. The summed E-state index contributed by atoms with van der Waals surface area (Å²) in [4.78, 5) is 25.9. The third-order valence-corrected chi connectivity index (χ3v) is 4.14. The highest BCUT2D eigenvalue weighted by Gasteiger charge is 2.37. The summed E-state index contributed by atoms with van der Waals surface area (Å²) in [7, 11) is 1.53. The van der Waals surface area contributed by atoms with Gasteiger partial charge in [-0.1, -0.05) is 31.5 Å². The first-order chi connectivity index (χ1) is 11.2. The smallest absolute Gasteiger partial charge is 0.338 e. The molecule has 0 fully saturated rings. The first-order valence-corrected chi connectivity index (χ1v) is 7.97. The molecule has 0 aromatic heterocycles. The molecular formula is C17H20ClFN2O3. The third kappa shape index (κ3) is 3.53. The van der Waals surface area contributed by atoms with Gasteiger partial charge in [-0.3, -0.25) is 0 Å². The van der Waals surface area contributed by atoms with Crippen LogP contribution in [-0.2, 0) is 9.53 Å². The zero-order valence-electron chi connectivity index (χ0n) is 14.0.